The van der Waals surface area contributed by atoms with E-state index in [4.69, 9.17) is 24.2 Å². The maximum Gasteiger partial charge on any atom is 0.269 e. The summed E-state index contributed by atoms with van der Waals surface area (Å²) in [5.41, 5.74) is 5.26. The Bertz CT molecular complexity index is 2410. The van der Waals surface area contributed by atoms with Gasteiger partial charge >= 0.3 is 0 Å². The van der Waals surface area contributed by atoms with Crippen LogP contribution in [-0.4, -0.2) is 74.9 Å². The van der Waals surface area contributed by atoms with Crippen LogP contribution in [0.1, 0.15) is 85.9 Å². The topological polar surface area (TPSA) is 166 Å². The maximum atomic E-state index is 15.0. The molecule has 1 amide bonds. The third-order valence-electron chi connectivity index (χ3n) is 12.7. The largest absolute Gasteiger partial charge is 0.487 e. The molecule has 2 N–H and O–H groups in total. The molecule has 4 aromatic rings. The minimum Gasteiger partial charge on any atom is -0.487 e. The van der Waals surface area contributed by atoms with Crippen LogP contribution in [0.15, 0.2) is 120 Å². The minimum absolute atomic E-state index is 0.0117. The molecule has 0 saturated heterocycles. The van der Waals surface area contributed by atoms with Crippen LogP contribution >= 0.6 is 0 Å². The van der Waals surface area contributed by atoms with Gasteiger partial charge in [-0.05, 0) is 129 Å². The Morgan fingerprint density at radius 2 is 1.80 bits per heavy atom. The molecule has 0 unspecified atom stereocenters. The average Bonchev–Trinajstić information content (AvgIpc) is 3.32. The molecule has 0 bridgehead atoms. The minimum atomic E-state index is -1.54. The summed E-state index contributed by atoms with van der Waals surface area (Å²) in [5.74, 6) is -2.02. The molecular formula is C52H59FN4O9. The Kier molecular flexibility index (Phi) is 16.1. The molecule has 2 aliphatic carbocycles. The number of nitro benzene ring substituents is 1. The smallest absolute Gasteiger partial charge is 0.269 e. The number of hydrogen-bond acceptors (Lipinski definition) is 11. The summed E-state index contributed by atoms with van der Waals surface area (Å²) in [7, 11) is 0. The zero-order valence-electron chi connectivity index (χ0n) is 37.6. The van der Waals surface area contributed by atoms with Gasteiger partial charge in [0.15, 0.2) is 0 Å². The van der Waals surface area contributed by atoms with E-state index in [1.165, 1.54) is 30.3 Å². The summed E-state index contributed by atoms with van der Waals surface area (Å²) in [6.07, 6.45) is 11.5. The highest BCUT2D eigenvalue weighted by Crippen LogP contribution is 2.62. The number of carbonyl (C=O) groups excluding carboxylic acids is 1. The number of benzene rings is 3. The third-order valence-corrected chi connectivity index (χ3v) is 12.7. The van der Waals surface area contributed by atoms with Gasteiger partial charge in [-0.1, -0.05) is 48.3 Å². The molecule has 1 fully saturated rings. The second-order valence-corrected chi connectivity index (χ2v) is 17.0. The van der Waals surface area contributed by atoms with Gasteiger partial charge in [-0.3, -0.25) is 19.9 Å². The highest BCUT2D eigenvalue weighted by Gasteiger charge is 2.65. The van der Waals surface area contributed by atoms with Crippen molar-refractivity contribution in [1.29, 1.82) is 0 Å². The zero-order valence-corrected chi connectivity index (χ0v) is 37.6. The number of halogens is 1. The van der Waals surface area contributed by atoms with Crippen molar-refractivity contribution < 1.29 is 43.4 Å². The number of carbonyl (C=O) groups is 1. The quantitative estimate of drug-likeness (QED) is 0.0255. The van der Waals surface area contributed by atoms with Gasteiger partial charge < -0.3 is 34.2 Å². The van der Waals surface area contributed by atoms with Crippen molar-refractivity contribution in [2.75, 3.05) is 26.4 Å². The molecule has 348 valence electrons. The van der Waals surface area contributed by atoms with Gasteiger partial charge in [0.05, 0.1) is 28.9 Å². The first-order valence-corrected chi connectivity index (χ1v) is 22.8. The van der Waals surface area contributed by atoms with E-state index < -0.39 is 34.4 Å². The summed E-state index contributed by atoms with van der Waals surface area (Å²) in [6.45, 7) is 8.58. The number of hydrogen-bond donors (Lipinski definition) is 2. The second-order valence-electron chi connectivity index (χ2n) is 17.0. The highest BCUT2D eigenvalue weighted by atomic mass is 19.1. The van der Waals surface area contributed by atoms with Crippen molar-refractivity contribution in [3.05, 3.63) is 159 Å². The molecule has 1 saturated carbocycles. The van der Waals surface area contributed by atoms with Gasteiger partial charge in [0.25, 0.3) is 5.69 Å². The Labute approximate surface area is 385 Å². The Morgan fingerprint density at radius 1 is 1.05 bits per heavy atom. The number of nitro groups is 1. The molecule has 2 heterocycles. The lowest BCUT2D eigenvalue weighted by Gasteiger charge is -2.60. The van der Waals surface area contributed by atoms with Crippen LogP contribution in [-0.2, 0) is 27.5 Å². The van der Waals surface area contributed by atoms with Crippen LogP contribution in [0.25, 0.3) is 6.08 Å². The van der Waals surface area contributed by atoms with E-state index in [-0.39, 0.29) is 62.8 Å². The predicted octanol–water partition coefficient (Wildman–Crippen LogP) is 9.41. The van der Waals surface area contributed by atoms with E-state index in [9.17, 15) is 24.7 Å². The lowest BCUT2D eigenvalue weighted by atomic mass is 9.55. The fourth-order valence-electron chi connectivity index (χ4n) is 9.82. The number of oxime groups is 1. The number of allylic oxidation sites excluding steroid dienone is 1. The van der Waals surface area contributed by atoms with E-state index in [0.29, 0.717) is 47.8 Å². The number of nitrogens with zero attached hydrogens (tertiary/aromatic N) is 4. The SMILES string of the molecule is C=CCO[C@@]12Oc3ccc(OCc4cccc(C)n4)cc3[C@H]3[C@H](CCCCO)[C@@H](CCCCO)C=C(C(=NOCC)C[C@@H]1N(Cc1ccc(F)cc1)C(=O)C=Cc1ccc([N+](=O)[O-])cc1)[C@H]32. The Balaban J connectivity index is 1.42. The van der Waals surface area contributed by atoms with Crippen LogP contribution in [0.2, 0.25) is 0 Å². The van der Waals surface area contributed by atoms with Gasteiger partial charge in [0.2, 0.25) is 11.7 Å². The number of non-ortho nitro benzene ring substituents is 1. The molecular weight excluding hydrogens is 844 g/mol. The van der Waals surface area contributed by atoms with E-state index in [0.717, 1.165) is 48.2 Å². The summed E-state index contributed by atoms with van der Waals surface area (Å²) < 4.78 is 35.3. The molecule has 0 radical (unpaired) electrons. The van der Waals surface area contributed by atoms with E-state index in [1.54, 1.807) is 41.3 Å². The lowest BCUT2D eigenvalue weighted by molar-refractivity contribution is -0.384. The van der Waals surface area contributed by atoms with E-state index in [1.807, 2.05) is 50.2 Å². The fourth-order valence-corrected chi connectivity index (χ4v) is 9.82. The number of aromatic nitrogens is 1. The molecule has 7 rings (SSSR count). The number of unbranched alkanes of at least 4 members (excludes halogenated alkanes) is 2. The second kappa shape index (κ2) is 22.3. The van der Waals surface area contributed by atoms with Crippen molar-refractivity contribution in [3.8, 4) is 11.5 Å². The van der Waals surface area contributed by atoms with Crippen molar-refractivity contribution in [2.24, 2.45) is 22.9 Å². The summed E-state index contributed by atoms with van der Waals surface area (Å²) >= 11 is 0. The first-order chi connectivity index (χ1) is 32.1. The number of aryl methyl sites for hydroxylation is 1. The molecule has 3 aromatic carbocycles. The summed E-state index contributed by atoms with van der Waals surface area (Å²) in [5, 5.41) is 36.1. The average molecular weight is 903 g/mol. The number of pyridine rings is 1. The Morgan fingerprint density at radius 3 is 2.50 bits per heavy atom. The van der Waals surface area contributed by atoms with Crippen molar-refractivity contribution >= 4 is 23.4 Å². The van der Waals surface area contributed by atoms with Crippen LogP contribution in [0.5, 0.6) is 11.5 Å². The van der Waals surface area contributed by atoms with Gasteiger partial charge in [0, 0.05) is 61.6 Å². The number of fused-ring (bicyclic) bond motifs is 2. The first kappa shape index (κ1) is 47.7. The van der Waals surface area contributed by atoms with E-state index in [2.05, 4.69) is 17.6 Å². The maximum absolute atomic E-state index is 15.0. The third kappa shape index (κ3) is 10.9. The highest BCUT2D eigenvalue weighted by molar-refractivity contribution is 6.03. The van der Waals surface area contributed by atoms with Gasteiger partial charge in [0.1, 0.15) is 36.6 Å². The first-order valence-electron chi connectivity index (χ1n) is 22.8. The molecule has 1 aliphatic heterocycles. The normalized spacial score (nSPS) is 22.5. The van der Waals surface area contributed by atoms with Crippen molar-refractivity contribution in [1.82, 2.24) is 9.88 Å². The standard InChI is InChI=1S/C52H59FN4O9/c1-4-29-64-52-48(56(33-37-15-20-39(53)21-16-37)49(60)26-19-36-17-22-41(23-18-36)57(61)62)32-46(55-65-5-2)44-30-38(12-6-8-27-58)43(14-7-9-28-59)50(51(44)52)45-31-42(24-25-47(45)66-52)63-34-40-13-10-11-35(3)54-40/h4,10-11,13,15-26,30-31,38,43,48,50-51,58-59H,1,5-9,12,14,27-29,32-34H2,2-3H3/t38-,43+,48-,50+,51+,52+/m0/s1. The Hall–Kier alpha value is -6.22. The number of rotatable bonds is 22. The zero-order chi connectivity index (χ0) is 46.6. The van der Waals surface area contributed by atoms with Gasteiger partial charge in [-0.2, -0.15) is 0 Å². The molecule has 14 heteroatoms. The molecule has 3 aliphatic rings. The summed E-state index contributed by atoms with van der Waals surface area (Å²) in [6, 6.07) is 22.6. The molecule has 66 heavy (non-hydrogen) atoms. The van der Waals surface area contributed by atoms with Crippen LogP contribution < -0.4 is 9.47 Å². The molecule has 13 nitrogen and oxygen atoms in total. The fraction of sp³-hybridized carbons (Fsp3) is 0.404. The van der Waals surface area contributed by atoms with Crippen molar-refractivity contribution in [2.45, 2.75) is 89.7 Å². The lowest BCUT2D eigenvalue weighted by Crippen LogP contribution is -2.70. The van der Waals surface area contributed by atoms with Crippen molar-refractivity contribution in [3.63, 3.8) is 0 Å². The monoisotopic (exact) mass is 902 g/mol. The summed E-state index contributed by atoms with van der Waals surface area (Å²) in [4.78, 5) is 38.1. The molecule has 0 spiro atoms. The van der Waals surface area contributed by atoms with Gasteiger partial charge in [-0.25, -0.2) is 4.39 Å². The number of aliphatic hydroxyl groups excluding tert-OH is 2. The van der Waals surface area contributed by atoms with Crippen LogP contribution in [0, 0.1) is 40.6 Å². The molecule has 1 aromatic heterocycles. The van der Waals surface area contributed by atoms with Gasteiger partial charge in [-0.15, -0.1) is 6.58 Å². The van der Waals surface area contributed by atoms with Crippen LogP contribution in [0.3, 0.4) is 0 Å². The number of ether oxygens (including phenoxy) is 3. The predicted molar refractivity (Wildman–Crippen MR) is 249 cm³/mol. The number of aliphatic hydroxyl groups is 2. The van der Waals surface area contributed by atoms with Crippen LogP contribution in [0.4, 0.5) is 10.1 Å². The molecule has 6 atom stereocenters. The number of amides is 1. The van der Waals surface area contributed by atoms with E-state index >= 15 is 4.79 Å².